The van der Waals surface area contributed by atoms with E-state index in [-0.39, 0.29) is 5.91 Å². The molecule has 2 heterocycles. The molecule has 0 aromatic carbocycles. The number of anilines is 1. The number of carbonyl (C=O) groups is 1. The van der Waals surface area contributed by atoms with Gasteiger partial charge in [-0.3, -0.25) is 4.79 Å². The van der Waals surface area contributed by atoms with Crippen LogP contribution in [0.5, 0.6) is 0 Å². The Labute approximate surface area is 126 Å². The molecular weight excluding hydrogens is 296 g/mol. The number of nitrogens with zero attached hydrogens (tertiary/aromatic N) is 2. The van der Waals surface area contributed by atoms with Crippen LogP contribution in [0.2, 0.25) is 5.15 Å². The van der Waals surface area contributed by atoms with Crippen molar-refractivity contribution in [2.24, 2.45) is 0 Å². The van der Waals surface area contributed by atoms with Crippen molar-refractivity contribution in [1.29, 1.82) is 0 Å². The number of rotatable bonds is 6. The minimum absolute atomic E-state index is 0.163. The topological polar surface area (TPSA) is 66.9 Å². The number of thiazole rings is 1. The maximum Gasteiger partial charge on any atom is 0.251 e. The molecule has 1 amide bonds. The van der Waals surface area contributed by atoms with Crippen LogP contribution in [-0.2, 0) is 6.42 Å². The second kappa shape index (κ2) is 7.21. The van der Waals surface area contributed by atoms with Gasteiger partial charge in [0, 0.05) is 30.5 Å². The molecule has 20 heavy (non-hydrogen) atoms. The van der Waals surface area contributed by atoms with Crippen molar-refractivity contribution in [3.05, 3.63) is 39.4 Å². The zero-order valence-electron chi connectivity index (χ0n) is 11.0. The number of nitrogens with one attached hydrogen (secondary N) is 2. The lowest BCUT2D eigenvalue weighted by Gasteiger charge is -2.07. The third-order valence-electron chi connectivity index (χ3n) is 2.56. The largest absolute Gasteiger partial charge is 0.370 e. The number of aromatic nitrogens is 2. The number of carbonyl (C=O) groups excluding carboxylic acids is 1. The first-order chi connectivity index (χ1) is 9.69. The third-order valence-corrected chi connectivity index (χ3v) is 3.39. The molecule has 0 fully saturated rings. The highest BCUT2D eigenvalue weighted by molar-refractivity contribution is 7.07. The molecule has 0 spiro atoms. The van der Waals surface area contributed by atoms with E-state index in [1.807, 2.05) is 12.3 Å². The molecule has 0 atom stereocenters. The summed E-state index contributed by atoms with van der Waals surface area (Å²) in [7, 11) is 0. The molecule has 0 unspecified atom stereocenters. The van der Waals surface area contributed by atoms with Crippen LogP contribution in [0, 0.1) is 0 Å². The fourth-order valence-corrected chi connectivity index (χ4v) is 2.47. The summed E-state index contributed by atoms with van der Waals surface area (Å²) in [5.41, 5.74) is 3.26. The monoisotopic (exact) mass is 310 g/mol. The molecule has 2 rings (SSSR count). The summed E-state index contributed by atoms with van der Waals surface area (Å²) < 4.78 is 0. The van der Waals surface area contributed by atoms with Gasteiger partial charge in [0.25, 0.3) is 5.91 Å². The normalized spacial score (nSPS) is 10.3. The van der Waals surface area contributed by atoms with Gasteiger partial charge in [0.2, 0.25) is 0 Å². The van der Waals surface area contributed by atoms with Crippen molar-refractivity contribution < 1.29 is 4.79 Å². The average molecular weight is 311 g/mol. The van der Waals surface area contributed by atoms with Gasteiger partial charge in [0.05, 0.1) is 11.2 Å². The minimum Gasteiger partial charge on any atom is -0.370 e. The van der Waals surface area contributed by atoms with Gasteiger partial charge in [-0.1, -0.05) is 11.6 Å². The number of hydrogen-bond acceptors (Lipinski definition) is 5. The molecule has 106 valence electrons. The van der Waals surface area contributed by atoms with Crippen LogP contribution in [-0.4, -0.2) is 29.0 Å². The molecule has 2 aromatic heterocycles. The van der Waals surface area contributed by atoms with Crippen LogP contribution >= 0.6 is 22.9 Å². The summed E-state index contributed by atoms with van der Waals surface area (Å²) in [6.45, 7) is 3.22. The highest BCUT2D eigenvalue weighted by Gasteiger charge is 2.09. The molecule has 0 radical (unpaired) electrons. The summed E-state index contributed by atoms with van der Waals surface area (Å²) in [5, 5.41) is 8.15. The quantitative estimate of drug-likeness (QED) is 0.805. The standard InChI is InChI=1S/C13H15ClN4OS/c1-2-15-12-6-9(5-11(14)18-12)13(19)16-4-3-10-7-20-8-17-10/h5-8H,2-4H2,1H3,(H,15,18)(H,16,19). The summed E-state index contributed by atoms with van der Waals surface area (Å²) in [4.78, 5) is 20.3. The third kappa shape index (κ3) is 4.18. The van der Waals surface area contributed by atoms with Gasteiger partial charge < -0.3 is 10.6 Å². The minimum atomic E-state index is -0.163. The second-order valence-corrected chi connectivity index (χ2v) is 5.19. The van der Waals surface area contributed by atoms with E-state index in [1.165, 1.54) is 0 Å². The van der Waals surface area contributed by atoms with E-state index < -0.39 is 0 Å². The lowest BCUT2D eigenvalue weighted by atomic mass is 10.2. The van der Waals surface area contributed by atoms with Gasteiger partial charge in [-0.05, 0) is 19.1 Å². The Morgan fingerprint density at radius 1 is 1.45 bits per heavy atom. The van der Waals surface area contributed by atoms with Crippen molar-refractivity contribution in [3.8, 4) is 0 Å². The molecule has 5 nitrogen and oxygen atoms in total. The zero-order chi connectivity index (χ0) is 14.4. The fraction of sp³-hybridized carbons (Fsp3) is 0.308. The SMILES string of the molecule is CCNc1cc(C(=O)NCCc2cscn2)cc(Cl)n1. The summed E-state index contributed by atoms with van der Waals surface area (Å²) in [6, 6.07) is 3.24. The number of hydrogen-bond donors (Lipinski definition) is 2. The van der Waals surface area contributed by atoms with Crippen LogP contribution in [0.15, 0.2) is 23.0 Å². The molecule has 0 saturated heterocycles. The van der Waals surface area contributed by atoms with Gasteiger partial charge in [-0.15, -0.1) is 11.3 Å². The maximum atomic E-state index is 12.0. The number of pyridine rings is 1. The van der Waals surface area contributed by atoms with Crippen molar-refractivity contribution in [1.82, 2.24) is 15.3 Å². The zero-order valence-corrected chi connectivity index (χ0v) is 12.6. The maximum absolute atomic E-state index is 12.0. The highest BCUT2D eigenvalue weighted by atomic mass is 35.5. The highest BCUT2D eigenvalue weighted by Crippen LogP contribution is 2.14. The lowest BCUT2D eigenvalue weighted by molar-refractivity contribution is 0.0954. The molecule has 0 aliphatic carbocycles. The van der Waals surface area contributed by atoms with Gasteiger partial charge in [0.1, 0.15) is 11.0 Å². The smallest absolute Gasteiger partial charge is 0.251 e. The van der Waals surface area contributed by atoms with Gasteiger partial charge in [-0.25, -0.2) is 9.97 Å². The Kier molecular flexibility index (Phi) is 5.31. The average Bonchev–Trinajstić information content (AvgIpc) is 2.91. The van der Waals surface area contributed by atoms with Crippen LogP contribution in [0.1, 0.15) is 23.0 Å². The summed E-state index contributed by atoms with van der Waals surface area (Å²) in [5.74, 6) is 0.438. The van der Waals surface area contributed by atoms with Gasteiger partial charge >= 0.3 is 0 Å². The molecule has 0 aliphatic heterocycles. The molecular formula is C13H15ClN4OS. The predicted molar refractivity (Wildman–Crippen MR) is 81.6 cm³/mol. The van der Waals surface area contributed by atoms with E-state index >= 15 is 0 Å². The van der Waals surface area contributed by atoms with Crippen LogP contribution < -0.4 is 10.6 Å². The Balaban J connectivity index is 1.94. The van der Waals surface area contributed by atoms with Crippen molar-refractivity contribution >= 4 is 34.7 Å². The Morgan fingerprint density at radius 2 is 2.30 bits per heavy atom. The molecule has 0 saturated carbocycles. The van der Waals surface area contributed by atoms with Gasteiger partial charge in [-0.2, -0.15) is 0 Å². The van der Waals surface area contributed by atoms with Crippen LogP contribution in [0.3, 0.4) is 0 Å². The van der Waals surface area contributed by atoms with Crippen LogP contribution in [0.4, 0.5) is 5.82 Å². The van der Waals surface area contributed by atoms with E-state index in [0.29, 0.717) is 29.5 Å². The van der Waals surface area contributed by atoms with Crippen LogP contribution in [0.25, 0.3) is 0 Å². The van der Waals surface area contributed by atoms with Gasteiger partial charge in [0.15, 0.2) is 0 Å². The van der Waals surface area contributed by atoms with E-state index in [0.717, 1.165) is 12.2 Å². The lowest BCUT2D eigenvalue weighted by Crippen LogP contribution is -2.26. The molecule has 0 bridgehead atoms. The van der Waals surface area contributed by atoms with Crippen molar-refractivity contribution in [2.45, 2.75) is 13.3 Å². The Morgan fingerprint density at radius 3 is 3.00 bits per heavy atom. The van der Waals surface area contributed by atoms with Crippen molar-refractivity contribution in [3.63, 3.8) is 0 Å². The summed E-state index contributed by atoms with van der Waals surface area (Å²) >= 11 is 7.45. The molecule has 0 aliphatic rings. The first-order valence-electron chi connectivity index (χ1n) is 6.25. The molecule has 7 heteroatoms. The molecule has 2 aromatic rings. The number of halogens is 1. The van der Waals surface area contributed by atoms with Crippen molar-refractivity contribution in [2.75, 3.05) is 18.4 Å². The van der Waals surface area contributed by atoms with E-state index in [4.69, 9.17) is 11.6 Å². The Bertz CT molecular complexity index is 574. The first kappa shape index (κ1) is 14.7. The first-order valence-corrected chi connectivity index (χ1v) is 7.58. The number of amides is 1. The fourth-order valence-electron chi connectivity index (χ4n) is 1.67. The van der Waals surface area contributed by atoms with E-state index in [1.54, 1.807) is 29.0 Å². The van der Waals surface area contributed by atoms with E-state index in [2.05, 4.69) is 20.6 Å². The second-order valence-electron chi connectivity index (χ2n) is 4.08. The molecule has 2 N–H and O–H groups in total. The summed E-state index contributed by atoms with van der Waals surface area (Å²) in [6.07, 6.45) is 0.716. The Hall–Kier alpha value is -1.66. The van der Waals surface area contributed by atoms with E-state index in [9.17, 15) is 4.79 Å². The predicted octanol–water partition coefficient (Wildman–Crippen LogP) is 2.60.